The summed E-state index contributed by atoms with van der Waals surface area (Å²) < 4.78 is 26.3. The summed E-state index contributed by atoms with van der Waals surface area (Å²) in [7, 11) is -3.08. The van der Waals surface area contributed by atoms with Crippen LogP contribution in [0.1, 0.15) is 46.0 Å². The van der Waals surface area contributed by atoms with Crippen molar-refractivity contribution in [3.8, 4) is 0 Å². The lowest BCUT2D eigenvalue weighted by molar-refractivity contribution is 0.243. The number of hydrogen-bond donors (Lipinski definition) is 1. The highest BCUT2D eigenvalue weighted by Crippen LogP contribution is 2.24. The smallest absolute Gasteiger partial charge is 0.216 e. The molecular weight excluding hydrogens is 236 g/mol. The van der Waals surface area contributed by atoms with Crippen molar-refractivity contribution < 1.29 is 8.42 Å². The van der Waals surface area contributed by atoms with Gasteiger partial charge in [-0.25, -0.2) is 8.42 Å². The second-order valence-electron chi connectivity index (χ2n) is 5.54. The van der Waals surface area contributed by atoms with Gasteiger partial charge in [-0.05, 0) is 39.5 Å². The molecule has 0 aromatic rings. The van der Waals surface area contributed by atoms with Crippen LogP contribution >= 0.6 is 0 Å². The summed E-state index contributed by atoms with van der Waals surface area (Å²) in [5, 5.41) is 3.16. The maximum absolute atomic E-state index is 12.3. The summed E-state index contributed by atoms with van der Waals surface area (Å²) in [6.45, 7) is 5.08. The number of piperidine rings is 1. The number of sulfonamides is 1. The second kappa shape index (κ2) is 5.24. The molecule has 1 heterocycles. The molecule has 1 aliphatic carbocycles. The first-order chi connectivity index (χ1) is 8.01. The second-order valence-corrected chi connectivity index (χ2v) is 7.98. The Labute approximate surface area is 105 Å². The molecule has 0 aromatic carbocycles. The Hall–Kier alpha value is -0.130. The molecule has 2 fully saturated rings. The van der Waals surface area contributed by atoms with Crippen molar-refractivity contribution in [3.63, 3.8) is 0 Å². The van der Waals surface area contributed by atoms with Crippen molar-refractivity contribution in [1.82, 2.24) is 9.62 Å². The number of nitrogens with one attached hydrogen (secondary N) is 1. The van der Waals surface area contributed by atoms with E-state index in [-0.39, 0.29) is 11.3 Å². The summed E-state index contributed by atoms with van der Waals surface area (Å²) in [4.78, 5) is 0. The lowest BCUT2D eigenvalue weighted by atomic mass is 10.1. The summed E-state index contributed by atoms with van der Waals surface area (Å²) in [5.74, 6) is 0. The Morgan fingerprint density at radius 3 is 2.53 bits per heavy atom. The topological polar surface area (TPSA) is 49.4 Å². The fraction of sp³-hybridized carbons (Fsp3) is 1.00. The van der Waals surface area contributed by atoms with Gasteiger partial charge in [-0.3, -0.25) is 0 Å². The largest absolute Gasteiger partial charge is 0.312 e. The Kier molecular flexibility index (Phi) is 4.10. The van der Waals surface area contributed by atoms with Gasteiger partial charge in [-0.2, -0.15) is 4.31 Å². The van der Waals surface area contributed by atoms with Crippen LogP contribution in [0, 0.1) is 0 Å². The molecule has 1 N–H and O–H groups in total. The number of hydrogen-bond acceptors (Lipinski definition) is 3. The fourth-order valence-electron chi connectivity index (χ4n) is 2.37. The van der Waals surface area contributed by atoms with Crippen LogP contribution in [0.5, 0.6) is 0 Å². The number of rotatable bonds is 5. The fourth-order valence-corrected chi connectivity index (χ4v) is 3.89. The molecule has 0 spiro atoms. The molecule has 17 heavy (non-hydrogen) atoms. The third-order valence-corrected chi connectivity index (χ3v) is 6.04. The Bertz CT molecular complexity index is 350. The highest BCUT2D eigenvalue weighted by atomic mass is 32.2. The molecular formula is C12H24N2O2S. The van der Waals surface area contributed by atoms with Gasteiger partial charge in [-0.15, -0.1) is 0 Å². The van der Waals surface area contributed by atoms with Crippen LogP contribution < -0.4 is 5.32 Å². The third kappa shape index (κ3) is 3.20. The van der Waals surface area contributed by atoms with Gasteiger partial charge in [0.2, 0.25) is 10.0 Å². The van der Waals surface area contributed by atoms with E-state index in [1.165, 1.54) is 12.8 Å². The average Bonchev–Trinajstić information content (AvgIpc) is 3.10. The molecule has 1 saturated heterocycles. The van der Waals surface area contributed by atoms with E-state index in [1.54, 1.807) is 18.2 Å². The first-order valence-electron chi connectivity index (χ1n) is 6.76. The number of nitrogens with zero attached hydrogens (tertiary/aromatic N) is 1. The third-order valence-electron chi connectivity index (χ3n) is 3.72. The van der Waals surface area contributed by atoms with E-state index in [0.717, 1.165) is 25.8 Å². The standard InChI is InChI=1S/C12H24N2O2S/c1-10(2)17(15,16)14-8-4-3-5-12(14)9-13-11-6-7-11/h10-13H,3-9H2,1-2H3. The van der Waals surface area contributed by atoms with Crippen molar-refractivity contribution in [3.05, 3.63) is 0 Å². The van der Waals surface area contributed by atoms with E-state index in [0.29, 0.717) is 12.6 Å². The maximum Gasteiger partial charge on any atom is 0.216 e. The van der Waals surface area contributed by atoms with E-state index in [2.05, 4.69) is 5.32 Å². The summed E-state index contributed by atoms with van der Waals surface area (Å²) in [6, 6.07) is 0.831. The van der Waals surface area contributed by atoms with Gasteiger partial charge in [0.15, 0.2) is 0 Å². The Morgan fingerprint density at radius 1 is 1.24 bits per heavy atom. The molecule has 0 amide bonds. The molecule has 0 radical (unpaired) electrons. The predicted octanol–water partition coefficient (Wildman–Crippen LogP) is 1.33. The van der Waals surface area contributed by atoms with Crippen LogP contribution in [0.4, 0.5) is 0 Å². The molecule has 1 saturated carbocycles. The van der Waals surface area contributed by atoms with Gasteiger partial charge >= 0.3 is 0 Å². The monoisotopic (exact) mass is 260 g/mol. The average molecular weight is 260 g/mol. The molecule has 0 bridgehead atoms. The molecule has 5 heteroatoms. The molecule has 1 unspecified atom stereocenters. The van der Waals surface area contributed by atoms with Gasteiger partial charge < -0.3 is 5.32 Å². The van der Waals surface area contributed by atoms with E-state index < -0.39 is 10.0 Å². The molecule has 4 nitrogen and oxygen atoms in total. The van der Waals surface area contributed by atoms with Gasteiger partial charge in [-0.1, -0.05) is 6.42 Å². The van der Waals surface area contributed by atoms with Crippen LogP contribution in [0.25, 0.3) is 0 Å². The quantitative estimate of drug-likeness (QED) is 0.811. The van der Waals surface area contributed by atoms with E-state index in [1.807, 2.05) is 0 Å². The van der Waals surface area contributed by atoms with E-state index >= 15 is 0 Å². The lowest BCUT2D eigenvalue weighted by Gasteiger charge is -2.36. The van der Waals surface area contributed by atoms with Crippen molar-refractivity contribution in [2.75, 3.05) is 13.1 Å². The van der Waals surface area contributed by atoms with Crippen LogP contribution in [0.15, 0.2) is 0 Å². The lowest BCUT2D eigenvalue weighted by Crippen LogP contribution is -2.50. The molecule has 1 atom stereocenters. The minimum atomic E-state index is -3.08. The van der Waals surface area contributed by atoms with Gasteiger partial charge in [0.05, 0.1) is 5.25 Å². The zero-order valence-electron chi connectivity index (χ0n) is 10.9. The highest BCUT2D eigenvalue weighted by molar-refractivity contribution is 7.89. The molecule has 0 aromatic heterocycles. The Balaban J connectivity index is 2.00. The minimum Gasteiger partial charge on any atom is -0.312 e. The molecule has 2 aliphatic rings. The SMILES string of the molecule is CC(C)S(=O)(=O)N1CCCCC1CNC1CC1. The van der Waals surface area contributed by atoms with Crippen molar-refractivity contribution in [2.24, 2.45) is 0 Å². The normalized spacial score (nSPS) is 27.6. The van der Waals surface area contributed by atoms with Gasteiger partial charge in [0.25, 0.3) is 0 Å². The summed E-state index contributed by atoms with van der Waals surface area (Å²) >= 11 is 0. The van der Waals surface area contributed by atoms with Crippen molar-refractivity contribution in [1.29, 1.82) is 0 Å². The maximum atomic E-state index is 12.3. The first kappa shape index (κ1) is 13.3. The van der Waals surface area contributed by atoms with Gasteiger partial charge in [0.1, 0.15) is 0 Å². The molecule has 100 valence electrons. The van der Waals surface area contributed by atoms with Crippen LogP contribution in [0.3, 0.4) is 0 Å². The Morgan fingerprint density at radius 2 is 1.94 bits per heavy atom. The van der Waals surface area contributed by atoms with Crippen molar-refractivity contribution >= 4 is 10.0 Å². The minimum absolute atomic E-state index is 0.178. The molecule has 1 aliphatic heterocycles. The van der Waals surface area contributed by atoms with Crippen LogP contribution in [-0.2, 0) is 10.0 Å². The highest BCUT2D eigenvalue weighted by Gasteiger charge is 2.34. The zero-order chi connectivity index (χ0) is 12.5. The summed E-state index contributed by atoms with van der Waals surface area (Å²) in [6.07, 6.45) is 5.67. The first-order valence-corrected chi connectivity index (χ1v) is 8.26. The zero-order valence-corrected chi connectivity index (χ0v) is 11.7. The molecule has 2 rings (SSSR count). The van der Waals surface area contributed by atoms with Gasteiger partial charge in [0, 0.05) is 25.2 Å². The van der Waals surface area contributed by atoms with Crippen molar-refractivity contribution in [2.45, 2.75) is 63.3 Å². The van der Waals surface area contributed by atoms with E-state index in [4.69, 9.17) is 0 Å². The summed E-state index contributed by atoms with van der Waals surface area (Å²) in [5.41, 5.74) is 0. The van der Waals surface area contributed by atoms with E-state index in [9.17, 15) is 8.42 Å². The van der Waals surface area contributed by atoms with Crippen LogP contribution in [0.2, 0.25) is 0 Å². The van der Waals surface area contributed by atoms with Crippen LogP contribution in [-0.4, -0.2) is 43.1 Å². The predicted molar refractivity (Wildman–Crippen MR) is 69.4 cm³/mol.